The molecule has 1 rings (SSSR count). The molecule has 0 aliphatic heterocycles. The number of halogens is 3. The highest BCUT2D eigenvalue weighted by Crippen LogP contribution is 2.26. The molecule has 1 aromatic carbocycles. The first-order valence-corrected chi connectivity index (χ1v) is 5.89. The Morgan fingerprint density at radius 1 is 1.44 bits per heavy atom. The van der Waals surface area contributed by atoms with Crippen LogP contribution in [0.4, 0.5) is 8.78 Å². The predicted molar refractivity (Wildman–Crippen MR) is 62.4 cm³/mol. The molecule has 0 spiro atoms. The molecular formula is C11H14BrF2NO. The van der Waals surface area contributed by atoms with Crippen LogP contribution in [0.2, 0.25) is 0 Å². The predicted octanol–water partition coefficient (Wildman–Crippen LogP) is 3.23. The largest absolute Gasteiger partial charge is 0.486 e. The normalized spacial score (nSPS) is 12.6. The zero-order valence-corrected chi connectivity index (χ0v) is 10.6. The van der Waals surface area contributed by atoms with E-state index in [0.717, 1.165) is 12.5 Å². The molecule has 1 unspecified atom stereocenters. The smallest absolute Gasteiger partial charge is 0.200 e. The van der Waals surface area contributed by atoms with Gasteiger partial charge in [-0.1, -0.05) is 29.3 Å². The summed E-state index contributed by atoms with van der Waals surface area (Å²) in [7, 11) is 0. The Morgan fingerprint density at radius 2 is 2.12 bits per heavy atom. The van der Waals surface area contributed by atoms with Gasteiger partial charge in [-0.2, -0.15) is 4.39 Å². The van der Waals surface area contributed by atoms with Crippen LogP contribution in [-0.4, -0.2) is 12.6 Å². The van der Waals surface area contributed by atoms with Gasteiger partial charge in [-0.25, -0.2) is 4.39 Å². The van der Waals surface area contributed by atoms with Gasteiger partial charge >= 0.3 is 0 Å². The second-order valence-corrected chi connectivity index (χ2v) is 4.38. The quantitative estimate of drug-likeness (QED) is 0.846. The molecule has 0 bridgehead atoms. The minimum absolute atomic E-state index is 0.101. The molecule has 0 aliphatic carbocycles. The van der Waals surface area contributed by atoms with E-state index in [2.05, 4.69) is 15.9 Å². The average Bonchev–Trinajstić information content (AvgIpc) is 2.24. The number of hydrogen-bond acceptors (Lipinski definition) is 2. The van der Waals surface area contributed by atoms with Crippen LogP contribution in [0.15, 0.2) is 16.6 Å². The van der Waals surface area contributed by atoms with Gasteiger partial charge in [-0.05, 0) is 18.6 Å². The minimum Gasteiger partial charge on any atom is -0.486 e. The summed E-state index contributed by atoms with van der Waals surface area (Å²) in [6.45, 7) is 2.26. The maximum Gasteiger partial charge on any atom is 0.200 e. The van der Waals surface area contributed by atoms with E-state index in [-0.39, 0.29) is 18.4 Å². The molecule has 1 atom stereocenters. The van der Waals surface area contributed by atoms with Gasteiger partial charge in [0.1, 0.15) is 6.10 Å². The summed E-state index contributed by atoms with van der Waals surface area (Å²) >= 11 is 3.08. The van der Waals surface area contributed by atoms with E-state index < -0.39 is 11.6 Å². The van der Waals surface area contributed by atoms with Crippen LogP contribution >= 0.6 is 15.9 Å². The lowest BCUT2D eigenvalue weighted by atomic mass is 10.2. The third-order valence-corrected chi connectivity index (χ3v) is 2.58. The maximum atomic E-state index is 13.4. The zero-order valence-electron chi connectivity index (χ0n) is 8.97. The standard InChI is InChI=1S/C11H14BrF2NO/c1-2-3-8(6-15)16-10-5-7(12)4-9(13)11(10)14/h4-5,8H,2-3,6,15H2,1H3. The Hall–Kier alpha value is -0.680. The highest BCUT2D eigenvalue weighted by molar-refractivity contribution is 9.10. The number of nitrogens with two attached hydrogens (primary N) is 1. The molecule has 0 heterocycles. The molecule has 90 valence electrons. The molecule has 0 aromatic heterocycles. The van der Waals surface area contributed by atoms with Crippen LogP contribution in [0.25, 0.3) is 0 Å². The van der Waals surface area contributed by atoms with Gasteiger partial charge in [0.2, 0.25) is 5.82 Å². The fraction of sp³-hybridized carbons (Fsp3) is 0.455. The number of benzene rings is 1. The topological polar surface area (TPSA) is 35.2 Å². The fourth-order valence-electron chi connectivity index (χ4n) is 1.34. The first kappa shape index (κ1) is 13.4. The molecule has 0 fully saturated rings. The lowest BCUT2D eigenvalue weighted by Crippen LogP contribution is -2.26. The Morgan fingerprint density at radius 3 is 2.69 bits per heavy atom. The molecule has 2 N–H and O–H groups in total. The summed E-state index contributed by atoms with van der Waals surface area (Å²) in [6.07, 6.45) is 1.30. The van der Waals surface area contributed by atoms with Gasteiger partial charge < -0.3 is 10.5 Å². The minimum atomic E-state index is -0.974. The molecule has 5 heteroatoms. The SMILES string of the molecule is CCCC(CN)Oc1cc(Br)cc(F)c1F. The number of rotatable bonds is 5. The summed E-state index contributed by atoms with van der Waals surface area (Å²) < 4.78 is 32.2. The highest BCUT2D eigenvalue weighted by atomic mass is 79.9. The zero-order chi connectivity index (χ0) is 12.1. The Bertz CT molecular complexity index is 360. The van der Waals surface area contributed by atoms with Gasteiger partial charge in [-0.15, -0.1) is 0 Å². The fourth-order valence-corrected chi connectivity index (χ4v) is 1.75. The van der Waals surface area contributed by atoms with E-state index in [1.54, 1.807) is 0 Å². The van der Waals surface area contributed by atoms with Crippen LogP contribution < -0.4 is 10.5 Å². The summed E-state index contributed by atoms with van der Waals surface area (Å²) in [5, 5.41) is 0. The second kappa shape index (κ2) is 6.15. The highest BCUT2D eigenvalue weighted by Gasteiger charge is 2.15. The van der Waals surface area contributed by atoms with Crippen LogP contribution in [0.5, 0.6) is 5.75 Å². The van der Waals surface area contributed by atoms with Crippen molar-refractivity contribution in [1.29, 1.82) is 0 Å². The molecular weight excluding hydrogens is 280 g/mol. The summed E-state index contributed by atoms with van der Waals surface area (Å²) in [4.78, 5) is 0. The summed E-state index contributed by atoms with van der Waals surface area (Å²) in [6, 6.07) is 2.45. The second-order valence-electron chi connectivity index (χ2n) is 3.46. The first-order valence-electron chi connectivity index (χ1n) is 5.09. The molecule has 1 aromatic rings. The third kappa shape index (κ3) is 3.42. The van der Waals surface area contributed by atoms with Crippen LogP contribution in [0.3, 0.4) is 0 Å². The van der Waals surface area contributed by atoms with E-state index in [0.29, 0.717) is 10.9 Å². The van der Waals surface area contributed by atoms with Crippen molar-refractivity contribution in [2.75, 3.05) is 6.54 Å². The molecule has 0 radical (unpaired) electrons. The van der Waals surface area contributed by atoms with Gasteiger partial charge in [0.15, 0.2) is 11.6 Å². The molecule has 2 nitrogen and oxygen atoms in total. The van der Waals surface area contributed by atoms with E-state index in [1.807, 2.05) is 6.92 Å². The maximum absolute atomic E-state index is 13.4. The summed E-state index contributed by atoms with van der Waals surface area (Å²) in [5.74, 6) is -2.01. The van der Waals surface area contributed by atoms with Crippen molar-refractivity contribution in [3.05, 3.63) is 28.2 Å². The van der Waals surface area contributed by atoms with Gasteiger partial charge in [0.05, 0.1) is 0 Å². The Kier molecular flexibility index (Phi) is 5.15. The molecule has 0 aliphatic rings. The van der Waals surface area contributed by atoms with Crippen molar-refractivity contribution in [3.8, 4) is 5.75 Å². The molecule has 0 amide bonds. The lowest BCUT2D eigenvalue weighted by molar-refractivity contribution is 0.187. The van der Waals surface area contributed by atoms with Crippen molar-refractivity contribution in [2.24, 2.45) is 5.73 Å². The molecule has 16 heavy (non-hydrogen) atoms. The van der Waals surface area contributed by atoms with Gasteiger partial charge in [0.25, 0.3) is 0 Å². The van der Waals surface area contributed by atoms with E-state index in [9.17, 15) is 8.78 Å². The van der Waals surface area contributed by atoms with Crippen molar-refractivity contribution < 1.29 is 13.5 Å². The van der Waals surface area contributed by atoms with E-state index in [4.69, 9.17) is 10.5 Å². The third-order valence-electron chi connectivity index (χ3n) is 2.13. The summed E-state index contributed by atoms with van der Waals surface area (Å²) in [5.41, 5.74) is 5.48. The van der Waals surface area contributed by atoms with E-state index in [1.165, 1.54) is 6.07 Å². The first-order chi connectivity index (χ1) is 7.58. The van der Waals surface area contributed by atoms with Crippen molar-refractivity contribution in [1.82, 2.24) is 0 Å². The Labute approximate surface area is 102 Å². The Balaban J connectivity index is 2.87. The number of ether oxygens (including phenoxy) is 1. The van der Waals surface area contributed by atoms with Gasteiger partial charge in [-0.3, -0.25) is 0 Å². The van der Waals surface area contributed by atoms with Gasteiger partial charge in [0, 0.05) is 11.0 Å². The molecule has 0 saturated heterocycles. The molecule has 0 saturated carbocycles. The van der Waals surface area contributed by atoms with Crippen LogP contribution in [0, 0.1) is 11.6 Å². The van der Waals surface area contributed by atoms with Crippen molar-refractivity contribution >= 4 is 15.9 Å². The number of hydrogen-bond donors (Lipinski definition) is 1. The van der Waals surface area contributed by atoms with Crippen LogP contribution in [0.1, 0.15) is 19.8 Å². The monoisotopic (exact) mass is 293 g/mol. The van der Waals surface area contributed by atoms with E-state index >= 15 is 0 Å². The average molecular weight is 294 g/mol. The van der Waals surface area contributed by atoms with Crippen molar-refractivity contribution in [2.45, 2.75) is 25.9 Å². The van der Waals surface area contributed by atoms with Crippen molar-refractivity contribution in [3.63, 3.8) is 0 Å². The van der Waals surface area contributed by atoms with Crippen LogP contribution in [-0.2, 0) is 0 Å². The lowest BCUT2D eigenvalue weighted by Gasteiger charge is -2.17.